The van der Waals surface area contributed by atoms with Crippen LogP contribution < -0.4 is 5.32 Å². The van der Waals surface area contributed by atoms with Crippen molar-refractivity contribution in [2.75, 3.05) is 0 Å². The molecule has 2 atom stereocenters. The highest BCUT2D eigenvalue weighted by Crippen LogP contribution is 2.42. The first kappa shape index (κ1) is 21.5. The van der Waals surface area contributed by atoms with Gasteiger partial charge in [0.25, 0.3) is 0 Å². The molecule has 4 heterocycles. The third-order valence-corrected chi connectivity index (χ3v) is 6.71. The molecule has 5 nitrogen and oxygen atoms in total. The van der Waals surface area contributed by atoms with Crippen LogP contribution in [-0.4, -0.2) is 19.6 Å². The molecule has 0 unspecified atom stereocenters. The van der Waals surface area contributed by atoms with E-state index in [1.54, 1.807) is 6.26 Å². The van der Waals surface area contributed by atoms with Crippen molar-refractivity contribution in [1.82, 2.24) is 19.8 Å². The molecule has 0 bridgehead atoms. The molecule has 0 aliphatic carbocycles. The smallest absolute Gasteiger partial charge is 0.170 e. The van der Waals surface area contributed by atoms with Gasteiger partial charge in [-0.05, 0) is 99.1 Å². The molecule has 1 saturated heterocycles. The zero-order valence-electron chi connectivity index (χ0n) is 19.4. The molecule has 168 valence electrons. The van der Waals surface area contributed by atoms with Crippen molar-refractivity contribution in [3.63, 3.8) is 0 Å². The molecular formula is C27H28N4OS. The molecule has 0 radical (unpaired) electrons. The minimum absolute atomic E-state index is 0.0108. The molecule has 3 aromatic heterocycles. The van der Waals surface area contributed by atoms with Gasteiger partial charge in [-0.15, -0.1) is 0 Å². The van der Waals surface area contributed by atoms with Crippen molar-refractivity contribution in [2.45, 2.75) is 46.3 Å². The summed E-state index contributed by atoms with van der Waals surface area (Å²) in [5.74, 6) is 0.883. The largest absolute Gasteiger partial charge is 0.467 e. The van der Waals surface area contributed by atoms with Crippen molar-refractivity contribution in [3.05, 3.63) is 107 Å². The second kappa shape index (κ2) is 8.52. The van der Waals surface area contributed by atoms with Gasteiger partial charge in [-0.2, -0.15) is 0 Å². The second-order valence-corrected chi connectivity index (χ2v) is 9.23. The zero-order valence-corrected chi connectivity index (χ0v) is 20.2. The van der Waals surface area contributed by atoms with Crippen molar-refractivity contribution >= 4 is 17.3 Å². The van der Waals surface area contributed by atoms with Crippen LogP contribution in [0.15, 0.2) is 71.5 Å². The summed E-state index contributed by atoms with van der Waals surface area (Å²) in [5.41, 5.74) is 8.32. The third-order valence-electron chi connectivity index (χ3n) is 6.36. The topological polar surface area (TPSA) is 46.2 Å². The van der Waals surface area contributed by atoms with Crippen molar-refractivity contribution in [2.24, 2.45) is 0 Å². The Bertz CT molecular complexity index is 1270. The van der Waals surface area contributed by atoms with Crippen LogP contribution in [0.25, 0.3) is 5.69 Å². The van der Waals surface area contributed by atoms with Gasteiger partial charge in [-0.25, -0.2) is 0 Å². The number of benzene rings is 1. The van der Waals surface area contributed by atoms with E-state index in [0.29, 0.717) is 11.7 Å². The number of rotatable bonds is 5. The molecule has 1 N–H and O–H groups in total. The predicted octanol–water partition coefficient (Wildman–Crippen LogP) is 5.87. The van der Waals surface area contributed by atoms with Gasteiger partial charge in [0.2, 0.25) is 0 Å². The van der Waals surface area contributed by atoms with Crippen LogP contribution in [0.4, 0.5) is 0 Å². The maximum Gasteiger partial charge on any atom is 0.170 e. The Hall–Kier alpha value is -3.38. The number of hydrogen-bond acceptors (Lipinski definition) is 3. The van der Waals surface area contributed by atoms with E-state index in [1.807, 2.05) is 30.5 Å². The van der Waals surface area contributed by atoms with Crippen LogP contribution in [0.1, 0.15) is 51.6 Å². The van der Waals surface area contributed by atoms with E-state index in [-0.39, 0.29) is 12.1 Å². The maximum atomic E-state index is 5.82. The number of furan rings is 1. The number of pyridine rings is 1. The van der Waals surface area contributed by atoms with Gasteiger partial charge >= 0.3 is 0 Å². The van der Waals surface area contributed by atoms with E-state index in [9.17, 15) is 0 Å². The highest BCUT2D eigenvalue weighted by molar-refractivity contribution is 7.80. The first-order chi connectivity index (χ1) is 15.9. The normalized spacial score (nSPS) is 18.1. The molecule has 0 saturated carbocycles. The standard InChI is InChI=1S/C27H28N4OS/c1-17-12-18(2)14-21(13-17)31-19(3)15-23(20(31)4)26-25(24-9-5-6-10-28-24)29-27(33)30(26)16-22-8-7-11-32-22/h5-15,25-26H,16H2,1-4H3,(H,29,33)/t25-,26+/m0/s1. The number of nitrogens with zero attached hydrogens (tertiary/aromatic N) is 3. The summed E-state index contributed by atoms with van der Waals surface area (Å²) in [6, 6.07) is 18.9. The van der Waals surface area contributed by atoms with Crippen LogP contribution in [-0.2, 0) is 6.54 Å². The molecule has 0 amide bonds. The molecule has 1 fully saturated rings. The van der Waals surface area contributed by atoms with E-state index >= 15 is 0 Å². The summed E-state index contributed by atoms with van der Waals surface area (Å²) in [5, 5.41) is 4.25. The average molecular weight is 457 g/mol. The molecule has 4 aromatic rings. The van der Waals surface area contributed by atoms with E-state index < -0.39 is 0 Å². The van der Waals surface area contributed by atoms with Gasteiger partial charge in [0, 0.05) is 23.3 Å². The third kappa shape index (κ3) is 3.95. The summed E-state index contributed by atoms with van der Waals surface area (Å²) in [7, 11) is 0. The Morgan fingerprint density at radius 3 is 2.45 bits per heavy atom. The Kier molecular flexibility index (Phi) is 5.54. The fourth-order valence-electron chi connectivity index (χ4n) is 5.05. The lowest BCUT2D eigenvalue weighted by Gasteiger charge is -2.27. The van der Waals surface area contributed by atoms with Gasteiger partial charge in [-0.3, -0.25) is 4.98 Å². The zero-order chi connectivity index (χ0) is 23.1. The Balaban J connectivity index is 1.63. The van der Waals surface area contributed by atoms with Gasteiger partial charge < -0.3 is 19.2 Å². The van der Waals surface area contributed by atoms with Crippen molar-refractivity contribution in [3.8, 4) is 5.69 Å². The van der Waals surface area contributed by atoms with E-state index in [4.69, 9.17) is 16.6 Å². The minimum atomic E-state index is -0.0538. The number of aryl methyl sites for hydroxylation is 3. The summed E-state index contributed by atoms with van der Waals surface area (Å²) >= 11 is 5.82. The van der Waals surface area contributed by atoms with Crippen LogP contribution in [0.3, 0.4) is 0 Å². The van der Waals surface area contributed by atoms with Gasteiger partial charge in [-0.1, -0.05) is 12.1 Å². The molecule has 0 spiro atoms. The van der Waals surface area contributed by atoms with Gasteiger partial charge in [0.15, 0.2) is 5.11 Å². The minimum Gasteiger partial charge on any atom is -0.467 e. The van der Waals surface area contributed by atoms with Crippen LogP contribution >= 0.6 is 12.2 Å². The lowest BCUT2D eigenvalue weighted by molar-refractivity contribution is 0.286. The highest BCUT2D eigenvalue weighted by Gasteiger charge is 2.41. The number of thiocarbonyl (C=S) groups is 1. The monoisotopic (exact) mass is 456 g/mol. The fourth-order valence-corrected chi connectivity index (χ4v) is 5.35. The van der Waals surface area contributed by atoms with Gasteiger partial charge in [0.1, 0.15) is 5.76 Å². The second-order valence-electron chi connectivity index (χ2n) is 8.84. The quantitative estimate of drug-likeness (QED) is 0.381. The maximum absolute atomic E-state index is 5.82. The van der Waals surface area contributed by atoms with Crippen molar-refractivity contribution in [1.29, 1.82) is 0 Å². The number of aromatic nitrogens is 2. The number of nitrogens with one attached hydrogen (secondary N) is 1. The summed E-state index contributed by atoms with van der Waals surface area (Å²) in [6.45, 7) is 9.25. The Labute approximate surface area is 200 Å². The SMILES string of the molecule is Cc1cc(C)cc(-n2c(C)cc([C@@H]3[C@H](c4ccccn4)NC(=S)N3Cc3ccco3)c2C)c1. The first-order valence-electron chi connectivity index (χ1n) is 11.2. The molecular weight excluding hydrogens is 428 g/mol. The average Bonchev–Trinajstić information content (AvgIpc) is 3.47. The molecule has 33 heavy (non-hydrogen) atoms. The number of hydrogen-bond donors (Lipinski definition) is 1. The predicted molar refractivity (Wildman–Crippen MR) is 134 cm³/mol. The fraction of sp³-hybridized carbons (Fsp3) is 0.259. The molecule has 1 aromatic carbocycles. The summed E-state index contributed by atoms with van der Waals surface area (Å²) in [4.78, 5) is 6.89. The van der Waals surface area contributed by atoms with E-state index in [2.05, 4.69) is 77.8 Å². The molecule has 1 aliphatic rings. The van der Waals surface area contributed by atoms with Crippen LogP contribution in [0.2, 0.25) is 0 Å². The van der Waals surface area contributed by atoms with E-state index in [1.165, 1.54) is 33.8 Å². The van der Waals surface area contributed by atoms with E-state index in [0.717, 1.165) is 11.5 Å². The van der Waals surface area contributed by atoms with Crippen molar-refractivity contribution < 1.29 is 4.42 Å². The lowest BCUT2D eigenvalue weighted by Crippen LogP contribution is -2.29. The first-order valence-corrected chi connectivity index (χ1v) is 11.6. The summed E-state index contributed by atoms with van der Waals surface area (Å²) < 4.78 is 8.02. The van der Waals surface area contributed by atoms with Crippen LogP contribution in [0, 0.1) is 27.7 Å². The van der Waals surface area contributed by atoms with Gasteiger partial charge in [0.05, 0.1) is 30.6 Å². The Morgan fingerprint density at radius 1 is 1.00 bits per heavy atom. The molecule has 1 aliphatic heterocycles. The van der Waals surface area contributed by atoms with Crippen LogP contribution in [0.5, 0.6) is 0 Å². The Morgan fingerprint density at radius 2 is 1.79 bits per heavy atom. The molecule has 5 rings (SSSR count). The summed E-state index contributed by atoms with van der Waals surface area (Å²) in [6.07, 6.45) is 3.55. The molecule has 6 heteroatoms. The highest BCUT2D eigenvalue weighted by atomic mass is 32.1. The lowest BCUT2D eigenvalue weighted by atomic mass is 9.96.